The number of carbonyl (C=O) groups excluding carboxylic acids is 2. The van der Waals surface area contributed by atoms with Crippen molar-refractivity contribution in [3.63, 3.8) is 0 Å². The molecule has 1 fully saturated rings. The number of methoxy groups -OCH3 is 1. The van der Waals surface area contributed by atoms with Crippen molar-refractivity contribution in [2.75, 3.05) is 25.5 Å². The third-order valence-corrected chi connectivity index (χ3v) is 7.21. The fourth-order valence-corrected chi connectivity index (χ4v) is 5.50. The Balaban J connectivity index is 1.91. The maximum absolute atomic E-state index is 13.5. The van der Waals surface area contributed by atoms with Crippen LogP contribution in [0.2, 0.25) is 0 Å². The van der Waals surface area contributed by atoms with Gasteiger partial charge in [0, 0.05) is 12.0 Å². The number of hydrogen-bond acceptors (Lipinski definition) is 5. The Morgan fingerprint density at radius 2 is 1.93 bits per heavy atom. The first-order valence-electron chi connectivity index (χ1n) is 10.5. The van der Waals surface area contributed by atoms with E-state index in [1.54, 1.807) is 6.07 Å². The van der Waals surface area contributed by atoms with E-state index in [0.717, 1.165) is 43.5 Å². The average Bonchev–Trinajstić information content (AvgIpc) is 3.10. The summed E-state index contributed by atoms with van der Waals surface area (Å²) in [5.41, 5.74) is 2.27. The minimum Gasteiger partial charge on any atom is -0.507 e. The van der Waals surface area contributed by atoms with Crippen molar-refractivity contribution < 1.29 is 23.9 Å². The standard InChI is InChI=1S/C23H30N2O4S/c1-4-18(22(27)24-20-16(2)15-30-21(20)23(28)29-3)25(12-8-5-9-13-25)14-17-10-6-7-11-19(17)26/h6-7,10-11,15,18H,4-5,8-9,12-14H2,1-3H3,(H-,24,26,27,28)/p+1. The van der Waals surface area contributed by atoms with Crippen molar-refractivity contribution in [2.24, 2.45) is 0 Å². The number of phenolic OH excluding ortho intramolecular Hbond substituents is 1. The third kappa shape index (κ3) is 4.52. The number of hydrogen-bond donors (Lipinski definition) is 2. The van der Waals surface area contributed by atoms with Gasteiger partial charge in [-0.15, -0.1) is 11.3 Å². The summed E-state index contributed by atoms with van der Waals surface area (Å²) in [6.45, 7) is 6.32. The molecule has 1 saturated heterocycles. The number of thiophene rings is 1. The molecule has 1 aromatic carbocycles. The van der Waals surface area contributed by atoms with Gasteiger partial charge in [0.05, 0.1) is 25.9 Å². The first-order valence-corrected chi connectivity index (χ1v) is 11.4. The number of nitrogens with zero attached hydrogens (tertiary/aromatic N) is 1. The Labute approximate surface area is 182 Å². The summed E-state index contributed by atoms with van der Waals surface area (Å²) in [7, 11) is 1.35. The van der Waals surface area contributed by atoms with Gasteiger partial charge in [-0.3, -0.25) is 4.79 Å². The zero-order valence-corrected chi connectivity index (χ0v) is 18.8. The van der Waals surface area contributed by atoms with E-state index in [9.17, 15) is 14.7 Å². The molecule has 1 aliphatic rings. The second-order valence-corrected chi connectivity index (χ2v) is 8.92. The number of esters is 1. The second kappa shape index (κ2) is 9.62. The van der Waals surface area contributed by atoms with Gasteiger partial charge < -0.3 is 19.6 Å². The maximum atomic E-state index is 13.5. The van der Waals surface area contributed by atoms with Gasteiger partial charge in [-0.2, -0.15) is 0 Å². The Bertz CT molecular complexity index is 902. The molecule has 2 N–H and O–H groups in total. The van der Waals surface area contributed by atoms with Gasteiger partial charge in [0.1, 0.15) is 17.2 Å². The maximum Gasteiger partial charge on any atom is 0.350 e. The minimum atomic E-state index is -0.437. The summed E-state index contributed by atoms with van der Waals surface area (Å²) in [5, 5.41) is 15.3. The highest BCUT2D eigenvalue weighted by Crippen LogP contribution is 2.33. The minimum absolute atomic E-state index is 0.0820. The van der Waals surface area contributed by atoms with Gasteiger partial charge in [-0.1, -0.05) is 19.1 Å². The molecule has 1 aliphatic heterocycles. The number of likely N-dealkylation sites (tertiary alicyclic amines) is 1. The van der Waals surface area contributed by atoms with Crippen LogP contribution in [0.25, 0.3) is 0 Å². The fraction of sp³-hybridized carbons (Fsp3) is 0.478. The molecule has 1 unspecified atom stereocenters. The molecule has 1 atom stereocenters. The lowest BCUT2D eigenvalue weighted by molar-refractivity contribution is -0.959. The largest absolute Gasteiger partial charge is 0.507 e. The Morgan fingerprint density at radius 3 is 2.57 bits per heavy atom. The first-order chi connectivity index (χ1) is 14.4. The summed E-state index contributed by atoms with van der Waals surface area (Å²) in [4.78, 5) is 26.0. The van der Waals surface area contributed by atoms with E-state index in [1.165, 1.54) is 18.4 Å². The van der Waals surface area contributed by atoms with Crippen LogP contribution in [0.15, 0.2) is 29.6 Å². The molecule has 2 heterocycles. The SMILES string of the molecule is CCC(C(=O)Nc1c(C)csc1C(=O)OC)[N+]1(Cc2ccccc2O)CCCCC1. The Kier molecular flexibility index (Phi) is 7.15. The molecule has 2 aromatic rings. The third-order valence-electron chi connectivity index (χ3n) is 6.13. The number of amides is 1. The zero-order valence-electron chi connectivity index (χ0n) is 17.9. The number of para-hydroxylation sites is 1. The van der Waals surface area contributed by atoms with E-state index in [0.29, 0.717) is 28.0 Å². The molecule has 6 nitrogen and oxygen atoms in total. The highest BCUT2D eigenvalue weighted by Gasteiger charge is 2.42. The number of rotatable bonds is 7. The molecule has 1 amide bonds. The Morgan fingerprint density at radius 1 is 1.23 bits per heavy atom. The molecular weight excluding hydrogens is 400 g/mol. The van der Waals surface area contributed by atoms with E-state index < -0.39 is 5.97 Å². The normalized spacial score (nSPS) is 16.6. The van der Waals surface area contributed by atoms with E-state index in [2.05, 4.69) is 5.32 Å². The molecule has 162 valence electrons. The monoisotopic (exact) mass is 431 g/mol. The van der Waals surface area contributed by atoms with Crippen LogP contribution in [0, 0.1) is 6.92 Å². The number of piperidine rings is 1. The van der Waals surface area contributed by atoms with E-state index in [1.807, 2.05) is 37.4 Å². The molecular formula is C23H31N2O4S+. The van der Waals surface area contributed by atoms with E-state index >= 15 is 0 Å². The smallest absolute Gasteiger partial charge is 0.350 e. The van der Waals surface area contributed by atoms with Gasteiger partial charge in [-0.25, -0.2) is 4.79 Å². The Hall–Kier alpha value is -2.38. The van der Waals surface area contributed by atoms with Crippen LogP contribution in [0.4, 0.5) is 5.69 Å². The van der Waals surface area contributed by atoms with Gasteiger partial charge in [0.15, 0.2) is 6.04 Å². The summed E-state index contributed by atoms with van der Waals surface area (Å²) >= 11 is 1.28. The van der Waals surface area contributed by atoms with Gasteiger partial charge in [0.2, 0.25) is 0 Å². The van der Waals surface area contributed by atoms with Crippen molar-refractivity contribution in [3.05, 3.63) is 45.6 Å². The number of ether oxygens (including phenoxy) is 1. The topological polar surface area (TPSA) is 75.6 Å². The van der Waals surface area contributed by atoms with Gasteiger partial charge in [0.25, 0.3) is 5.91 Å². The molecule has 0 saturated carbocycles. The number of quaternary nitrogens is 1. The van der Waals surface area contributed by atoms with Crippen LogP contribution in [0.3, 0.4) is 0 Å². The number of nitrogens with one attached hydrogen (secondary N) is 1. The summed E-state index contributed by atoms with van der Waals surface area (Å²) in [6.07, 6.45) is 3.95. The van der Waals surface area contributed by atoms with Crippen LogP contribution in [0.5, 0.6) is 5.75 Å². The molecule has 7 heteroatoms. The van der Waals surface area contributed by atoms with Crippen molar-refractivity contribution in [2.45, 2.75) is 52.1 Å². The van der Waals surface area contributed by atoms with Crippen molar-refractivity contribution >= 4 is 28.9 Å². The lowest BCUT2D eigenvalue weighted by Crippen LogP contribution is -2.61. The summed E-state index contributed by atoms with van der Waals surface area (Å²) < 4.78 is 5.50. The number of anilines is 1. The molecule has 30 heavy (non-hydrogen) atoms. The number of aromatic hydroxyl groups is 1. The predicted octanol–water partition coefficient (Wildman–Crippen LogP) is 4.47. The first kappa shape index (κ1) is 22.3. The van der Waals surface area contributed by atoms with Crippen LogP contribution >= 0.6 is 11.3 Å². The quantitative estimate of drug-likeness (QED) is 0.501. The molecule has 1 aromatic heterocycles. The predicted molar refractivity (Wildman–Crippen MR) is 119 cm³/mol. The number of aryl methyl sites for hydroxylation is 1. The average molecular weight is 432 g/mol. The van der Waals surface area contributed by atoms with E-state index in [4.69, 9.17) is 4.74 Å². The number of benzene rings is 1. The van der Waals surface area contributed by atoms with Crippen LogP contribution < -0.4 is 5.32 Å². The van der Waals surface area contributed by atoms with Crippen molar-refractivity contribution in [1.82, 2.24) is 0 Å². The van der Waals surface area contributed by atoms with Gasteiger partial charge >= 0.3 is 5.97 Å². The van der Waals surface area contributed by atoms with Crippen molar-refractivity contribution in [3.8, 4) is 5.75 Å². The van der Waals surface area contributed by atoms with Crippen LogP contribution in [0.1, 0.15) is 53.4 Å². The molecule has 0 radical (unpaired) electrons. The lowest BCUT2D eigenvalue weighted by Gasteiger charge is -2.46. The van der Waals surface area contributed by atoms with E-state index in [-0.39, 0.29) is 17.7 Å². The van der Waals surface area contributed by atoms with Crippen molar-refractivity contribution in [1.29, 1.82) is 0 Å². The number of phenols is 1. The summed E-state index contributed by atoms with van der Waals surface area (Å²) in [6, 6.07) is 7.11. The van der Waals surface area contributed by atoms with Gasteiger partial charge in [-0.05, 0) is 49.3 Å². The zero-order chi connectivity index (χ0) is 21.7. The molecule has 3 rings (SSSR count). The highest BCUT2D eigenvalue weighted by atomic mass is 32.1. The fourth-order valence-electron chi connectivity index (χ4n) is 4.58. The molecule has 0 spiro atoms. The molecule has 0 bridgehead atoms. The second-order valence-electron chi connectivity index (χ2n) is 8.04. The van der Waals surface area contributed by atoms with Crippen LogP contribution in [-0.4, -0.2) is 47.7 Å². The number of carbonyl (C=O) groups is 2. The van der Waals surface area contributed by atoms with Crippen LogP contribution in [-0.2, 0) is 16.1 Å². The summed E-state index contributed by atoms with van der Waals surface area (Å²) in [5.74, 6) is -0.244. The molecule has 0 aliphatic carbocycles. The lowest BCUT2D eigenvalue weighted by atomic mass is 9.98. The highest BCUT2D eigenvalue weighted by molar-refractivity contribution is 7.12.